The van der Waals surface area contributed by atoms with Crippen LogP contribution < -0.4 is 4.74 Å². The number of carbonyl (C=O) groups is 2. The van der Waals surface area contributed by atoms with Crippen LogP contribution in [-0.2, 0) is 4.79 Å². The van der Waals surface area contributed by atoms with Crippen molar-refractivity contribution < 1.29 is 28.2 Å². The lowest BCUT2D eigenvalue weighted by Gasteiger charge is -2.15. The Labute approximate surface area is 110 Å². The Morgan fingerprint density at radius 3 is 2.28 bits per heavy atom. The Kier molecular flexibility index (Phi) is 4.05. The summed E-state index contributed by atoms with van der Waals surface area (Å²) < 4.78 is 30.3. The van der Waals surface area contributed by atoms with Gasteiger partial charge in [-0.3, -0.25) is 4.79 Å². The van der Waals surface area contributed by atoms with Gasteiger partial charge in [-0.25, -0.2) is 9.18 Å². The fourth-order valence-corrected chi connectivity index (χ4v) is 1.08. The second kappa shape index (κ2) is 5.01. The van der Waals surface area contributed by atoms with Gasteiger partial charge in [-0.2, -0.15) is 4.39 Å². The van der Waals surface area contributed by atoms with Crippen LogP contribution in [0.2, 0.25) is 0 Å². The van der Waals surface area contributed by atoms with Crippen molar-refractivity contribution in [3.8, 4) is 5.75 Å². The summed E-state index contributed by atoms with van der Waals surface area (Å²) in [5.74, 6) is -6.18. The molecule has 7 heteroatoms. The van der Waals surface area contributed by atoms with Crippen LogP contribution in [0.4, 0.5) is 8.78 Å². The Hall–Kier alpha value is -1.50. The first-order chi connectivity index (χ1) is 8.14. The van der Waals surface area contributed by atoms with Crippen molar-refractivity contribution in [1.82, 2.24) is 0 Å². The second-order valence-corrected chi connectivity index (χ2v) is 5.89. The summed E-state index contributed by atoms with van der Waals surface area (Å²) >= 11 is 3.00. The number of alkyl halides is 1. The Morgan fingerprint density at radius 1 is 1.28 bits per heavy atom. The monoisotopic (exact) mass is 322 g/mol. The van der Waals surface area contributed by atoms with Gasteiger partial charge >= 0.3 is 11.9 Å². The third kappa shape index (κ3) is 3.04. The molecule has 0 radical (unpaired) electrons. The lowest BCUT2D eigenvalue weighted by molar-refractivity contribution is -0.136. The third-order valence-electron chi connectivity index (χ3n) is 1.97. The highest BCUT2D eigenvalue weighted by atomic mass is 79.9. The van der Waals surface area contributed by atoms with E-state index < -0.39 is 39.2 Å². The van der Waals surface area contributed by atoms with Gasteiger partial charge in [0.1, 0.15) is 4.32 Å². The molecule has 1 rings (SSSR count). The summed E-state index contributed by atoms with van der Waals surface area (Å²) in [7, 11) is 0. The fourth-order valence-electron chi connectivity index (χ4n) is 0.997. The quantitative estimate of drug-likeness (QED) is 0.528. The molecule has 0 aliphatic carbocycles. The molecule has 0 bridgehead atoms. The van der Waals surface area contributed by atoms with Gasteiger partial charge in [0, 0.05) is 0 Å². The summed E-state index contributed by atoms with van der Waals surface area (Å²) in [5, 5.41) is 8.57. The smallest absolute Gasteiger partial charge is 0.338 e. The summed E-state index contributed by atoms with van der Waals surface area (Å²) in [4.78, 5) is 22.0. The van der Waals surface area contributed by atoms with Crippen molar-refractivity contribution in [3.05, 3.63) is 29.3 Å². The summed E-state index contributed by atoms with van der Waals surface area (Å²) in [5.41, 5.74) is -0.828. The molecule has 0 saturated heterocycles. The number of rotatable bonds is 3. The van der Waals surface area contributed by atoms with Gasteiger partial charge in [-0.05, 0) is 26.0 Å². The van der Waals surface area contributed by atoms with Crippen molar-refractivity contribution in [2.24, 2.45) is 0 Å². The third-order valence-corrected chi connectivity index (χ3v) is 2.29. The molecule has 0 atom stereocenters. The van der Waals surface area contributed by atoms with Gasteiger partial charge in [0.15, 0.2) is 11.6 Å². The highest BCUT2D eigenvalue weighted by Gasteiger charge is 2.28. The Bertz CT molecular complexity index is 509. The van der Waals surface area contributed by atoms with E-state index in [-0.39, 0.29) is 0 Å². The highest BCUT2D eigenvalue weighted by molar-refractivity contribution is 9.10. The zero-order valence-corrected chi connectivity index (χ0v) is 11.0. The maximum Gasteiger partial charge on any atom is 0.338 e. The molecule has 0 spiro atoms. The number of hydrogen-bond donors (Lipinski definition) is 1. The molecular weight excluding hydrogens is 314 g/mol. The Balaban J connectivity index is 3.11. The van der Waals surface area contributed by atoms with Crippen molar-refractivity contribution in [2.45, 2.75) is 18.2 Å². The van der Waals surface area contributed by atoms with Crippen LogP contribution >= 0.6 is 15.9 Å². The number of carboxylic acid groups (broad SMARTS) is 1. The number of halogens is 3. The maximum absolute atomic E-state index is 13.4. The van der Waals surface area contributed by atoms with Gasteiger partial charge in [0.25, 0.3) is 0 Å². The average Bonchev–Trinajstić information content (AvgIpc) is 2.22. The van der Waals surface area contributed by atoms with E-state index in [4.69, 9.17) is 5.11 Å². The van der Waals surface area contributed by atoms with E-state index in [9.17, 15) is 18.4 Å². The normalized spacial score (nSPS) is 11.2. The molecule has 0 heterocycles. The zero-order chi connectivity index (χ0) is 14.1. The van der Waals surface area contributed by atoms with Crippen molar-refractivity contribution in [1.29, 1.82) is 0 Å². The largest absolute Gasteiger partial charge is 0.478 e. The van der Waals surface area contributed by atoms with Crippen molar-refractivity contribution >= 4 is 27.9 Å². The molecule has 0 unspecified atom stereocenters. The molecule has 1 N–H and O–H groups in total. The lowest BCUT2D eigenvalue weighted by Crippen LogP contribution is -2.29. The van der Waals surface area contributed by atoms with E-state index in [0.29, 0.717) is 0 Å². The minimum absolute atomic E-state index is 0.657. The fraction of sp³-hybridized carbons (Fsp3) is 0.273. The van der Waals surface area contributed by atoms with E-state index in [1.165, 1.54) is 13.8 Å². The van der Waals surface area contributed by atoms with E-state index in [1.54, 1.807) is 0 Å². The highest BCUT2D eigenvalue weighted by Crippen LogP contribution is 2.26. The van der Waals surface area contributed by atoms with E-state index >= 15 is 0 Å². The molecule has 1 aromatic carbocycles. The molecule has 0 amide bonds. The van der Waals surface area contributed by atoms with Crippen LogP contribution in [0.1, 0.15) is 24.2 Å². The predicted octanol–water partition coefficient (Wildman–Crippen LogP) is 2.74. The summed E-state index contributed by atoms with van der Waals surface area (Å²) in [6, 6.07) is 1.71. The molecule has 0 aromatic heterocycles. The lowest BCUT2D eigenvalue weighted by atomic mass is 10.2. The van der Waals surface area contributed by atoms with Gasteiger partial charge in [-0.1, -0.05) is 15.9 Å². The molecule has 18 heavy (non-hydrogen) atoms. The van der Waals surface area contributed by atoms with Crippen LogP contribution in [0.5, 0.6) is 5.75 Å². The first-order valence-corrected chi connectivity index (χ1v) is 5.56. The second-order valence-electron chi connectivity index (χ2n) is 3.91. The molecule has 0 aliphatic heterocycles. The Morgan fingerprint density at radius 2 is 1.83 bits per heavy atom. The van der Waals surface area contributed by atoms with Gasteiger partial charge in [-0.15, -0.1) is 0 Å². The number of hydrogen-bond acceptors (Lipinski definition) is 3. The number of esters is 1. The molecule has 0 fully saturated rings. The minimum Gasteiger partial charge on any atom is -0.478 e. The zero-order valence-electron chi connectivity index (χ0n) is 9.46. The van der Waals surface area contributed by atoms with E-state index in [2.05, 4.69) is 20.7 Å². The molecule has 4 nitrogen and oxygen atoms in total. The number of ether oxygens (including phenoxy) is 1. The summed E-state index contributed by atoms with van der Waals surface area (Å²) in [6.45, 7) is 2.93. The van der Waals surface area contributed by atoms with Gasteiger partial charge in [0.05, 0.1) is 5.56 Å². The van der Waals surface area contributed by atoms with Gasteiger partial charge in [0.2, 0.25) is 5.82 Å². The van der Waals surface area contributed by atoms with Crippen LogP contribution in [0.25, 0.3) is 0 Å². The average molecular weight is 323 g/mol. The standard InChI is InChI=1S/C11H9BrF2O4/c1-11(2,12)10(17)18-6-4-3-5(9(15)16)7(13)8(6)14/h3-4H,1-2H3,(H,15,16). The van der Waals surface area contributed by atoms with Crippen LogP contribution in [0.15, 0.2) is 12.1 Å². The number of aromatic carboxylic acids is 1. The SMILES string of the molecule is CC(C)(Br)C(=O)Oc1ccc(C(=O)O)c(F)c1F. The number of carbonyl (C=O) groups excluding carboxylic acids is 1. The van der Waals surface area contributed by atoms with Crippen LogP contribution in [-0.4, -0.2) is 21.4 Å². The molecule has 1 aromatic rings. The molecular formula is C11H9BrF2O4. The van der Waals surface area contributed by atoms with Gasteiger partial charge < -0.3 is 9.84 Å². The summed E-state index contributed by atoms with van der Waals surface area (Å²) in [6.07, 6.45) is 0. The van der Waals surface area contributed by atoms with Crippen LogP contribution in [0, 0.1) is 11.6 Å². The van der Waals surface area contributed by atoms with Crippen molar-refractivity contribution in [3.63, 3.8) is 0 Å². The van der Waals surface area contributed by atoms with E-state index in [1.807, 2.05) is 0 Å². The predicted molar refractivity (Wildman–Crippen MR) is 62.0 cm³/mol. The first-order valence-electron chi connectivity index (χ1n) is 4.77. The van der Waals surface area contributed by atoms with Crippen molar-refractivity contribution in [2.75, 3.05) is 0 Å². The topological polar surface area (TPSA) is 63.6 Å². The molecule has 98 valence electrons. The van der Waals surface area contributed by atoms with Crippen LogP contribution in [0.3, 0.4) is 0 Å². The maximum atomic E-state index is 13.4. The van der Waals surface area contributed by atoms with E-state index in [0.717, 1.165) is 12.1 Å². The minimum atomic E-state index is -1.61. The first kappa shape index (κ1) is 14.6. The number of benzene rings is 1. The molecule has 0 saturated carbocycles. The molecule has 0 aliphatic rings. The number of carboxylic acids is 1.